The number of rotatable bonds is 3. The van der Waals surface area contributed by atoms with Crippen molar-refractivity contribution in [3.63, 3.8) is 0 Å². The second-order valence-corrected chi connectivity index (χ2v) is 5.58. The molecule has 2 N–H and O–H groups in total. The lowest BCUT2D eigenvalue weighted by Crippen LogP contribution is -2.45. The number of nitrogens with one attached hydrogen (secondary N) is 2. The Morgan fingerprint density at radius 3 is 2.50 bits per heavy atom. The zero-order valence-corrected chi connectivity index (χ0v) is 12.2. The number of amidine groups is 1. The van der Waals surface area contributed by atoms with Gasteiger partial charge in [-0.2, -0.15) is 5.12 Å². The smallest absolute Gasteiger partial charge is 0.136 e. The number of hydrogen-bond donors (Lipinski definition) is 2. The Hall–Kier alpha value is -1.59. The molecule has 1 aromatic carbocycles. The second kappa shape index (κ2) is 5.81. The standard InChI is InChI=1S/C15H23N5/c1-12-17-19(2)20(18-12)15(13-6-4-3-5-7-13)14-8-10-16-11-9-14/h3-7,14-16H,8-11H2,1-2H3,(H,17,18). The Balaban J connectivity index is 1.91. The Bertz CT molecular complexity index is 466. The number of nitrogens with zero attached hydrogens (tertiary/aromatic N) is 3. The quantitative estimate of drug-likeness (QED) is 0.880. The fraction of sp³-hybridized carbons (Fsp3) is 0.533. The van der Waals surface area contributed by atoms with Crippen LogP contribution in [0.2, 0.25) is 0 Å². The molecule has 0 aromatic heterocycles. The maximum atomic E-state index is 4.67. The molecule has 3 rings (SSSR count). The maximum Gasteiger partial charge on any atom is 0.136 e. The van der Waals surface area contributed by atoms with Crippen LogP contribution in [0.15, 0.2) is 35.4 Å². The second-order valence-electron chi connectivity index (χ2n) is 5.58. The van der Waals surface area contributed by atoms with Crippen LogP contribution in [0.1, 0.15) is 31.4 Å². The highest BCUT2D eigenvalue weighted by atomic mass is 15.9. The molecule has 1 fully saturated rings. The van der Waals surface area contributed by atoms with Crippen LogP contribution < -0.4 is 10.7 Å². The van der Waals surface area contributed by atoms with E-state index < -0.39 is 0 Å². The molecule has 5 nitrogen and oxygen atoms in total. The molecule has 0 aliphatic carbocycles. The monoisotopic (exact) mass is 273 g/mol. The van der Waals surface area contributed by atoms with E-state index in [0.717, 1.165) is 18.9 Å². The van der Waals surface area contributed by atoms with Crippen LogP contribution in [0.5, 0.6) is 0 Å². The molecular weight excluding hydrogens is 250 g/mol. The first-order valence-electron chi connectivity index (χ1n) is 7.36. The molecule has 108 valence electrons. The molecule has 0 amide bonds. The van der Waals surface area contributed by atoms with E-state index in [9.17, 15) is 0 Å². The van der Waals surface area contributed by atoms with Crippen molar-refractivity contribution in [2.75, 3.05) is 20.1 Å². The summed E-state index contributed by atoms with van der Waals surface area (Å²) < 4.78 is 0. The highest BCUT2D eigenvalue weighted by Crippen LogP contribution is 2.35. The Kier molecular flexibility index (Phi) is 3.89. The van der Waals surface area contributed by atoms with Gasteiger partial charge in [-0.25, -0.2) is 0 Å². The molecule has 20 heavy (non-hydrogen) atoms. The molecule has 0 radical (unpaired) electrons. The van der Waals surface area contributed by atoms with E-state index in [1.54, 1.807) is 0 Å². The summed E-state index contributed by atoms with van der Waals surface area (Å²) in [6.45, 7) is 4.20. The topological polar surface area (TPSA) is 42.9 Å². The minimum atomic E-state index is 0.299. The molecule has 2 aliphatic heterocycles. The van der Waals surface area contributed by atoms with E-state index in [1.165, 1.54) is 18.4 Å². The first kappa shape index (κ1) is 13.4. The molecular formula is C15H23N5. The molecule has 0 saturated carbocycles. The van der Waals surface area contributed by atoms with Gasteiger partial charge in [-0.05, 0) is 44.3 Å². The summed E-state index contributed by atoms with van der Waals surface area (Å²) in [4.78, 5) is 0. The highest BCUT2D eigenvalue weighted by molar-refractivity contribution is 5.79. The number of hydrazine groups is 2. The lowest BCUT2D eigenvalue weighted by atomic mass is 9.86. The number of benzene rings is 1. The van der Waals surface area contributed by atoms with E-state index in [0.29, 0.717) is 12.0 Å². The van der Waals surface area contributed by atoms with Gasteiger partial charge in [0, 0.05) is 7.05 Å². The predicted octanol–water partition coefficient (Wildman–Crippen LogP) is 1.73. The van der Waals surface area contributed by atoms with E-state index in [4.69, 9.17) is 0 Å². The van der Waals surface area contributed by atoms with Gasteiger partial charge in [0.2, 0.25) is 0 Å². The van der Waals surface area contributed by atoms with Crippen molar-refractivity contribution in [1.29, 1.82) is 0 Å². The molecule has 2 aliphatic rings. The van der Waals surface area contributed by atoms with Crippen LogP contribution in [-0.2, 0) is 0 Å². The van der Waals surface area contributed by atoms with Crippen LogP contribution in [0.4, 0.5) is 0 Å². The molecule has 2 heterocycles. The summed E-state index contributed by atoms with van der Waals surface area (Å²) >= 11 is 0. The average Bonchev–Trinajstić information content (AvgIpc) is 2.80. The number of hydrogen-bond acceptors (Lipinski definition) is 5. The van der Waals surface area contributed by atoms with Gasteiger partial charge in [-0.3, -0.25) is 5.43 Å². The third kappa shape index (κ3) is 2.64. The molecule has 5 heteroatoms. The van der Waals surface area contributed by atoms with E-state index >= 15 is 0 Å². The van der Waals surface area contributed by atoms with Gasteiger partial charge in [0.25, 0.3) is 0 Å². The first-order chi connectivity index (χ1) is 9.75. The van der Waals surface area contributed by atoms with E-state index in [1.807, 2.05) is 19.1 Å². The van der Waals surface area contributed by atoms with Crippen LogP contribution in [0, 0.1) is 5.92 Å². The van der Waals surface area contributed by atoms with Crippen LogP contribution >= 0.6 is 0 Å². The largest absolute Gasteiger partial charge is 0.317 e. The summed E-state index contributed by atoms with van der Waals surface area (Å²) in [6, 6.07) is 11.0. The predicted molar refractivity (Wildman–Crippen MR) is 80.6 cm³/mol. The highest BCUT2D eigenvalue weighted by Gasteiger charge is 2.34. The average molecular weight is 273 g/mol. The third-order valence-electron chi connectivity index (χ3n) is 4.10. The molecule has 1 unspecified atom stereocenters. The van der Waals surface area contributed by atoms with Crippen LogP contribution in [0.3, 0.4) is 0 Å². The summed E-state index contributed by atoms with van der Waals surface area (Å²) in [5, 5.41) is 12.2. The van der Waals surface area contributed by atoms with E-state index in [-0.39, 0.29) is 0 Å². The van der Waals surface area contributed by atoms with Gasteiger partial charge in [0.15, 0.2) is 0 Å². The van der Waals surface area contributed by atoms with Crippen molar-refractivity contribution in [3.05, 3.63) is 35.9 Å². The first-order valence-corrected chi connectivity index (χ1v) is 7.36. The molecule has 1 saturated heterocycles. The zero-order chi connectivity index (χ0) is 13.9. The Morgan fingerprint density at radius 2 is 1.90 bits per heavy atom. The fourth-order valence-electron chi connectivity index (χ4n) is 3.18. The van der Waals surface area contributed by atoms with Crippen molar-refractivity contribution in [1.82, 2.24) is 21.0 Å². The van der Waals surface area contributed by atoms with Gasteiger partial charge in [-0.1, -0.05) is 30.3 Å². The molecule has 0 spiro atoms. The van der Waals surface area contributed by atoms with Crippen LogP contribution in [-0.4, -0.2) is 36.2 Å². The minimum Gasteiger partial charge on any atom is -0.317 e. The SMILES string of the molecule is CC1=NN(C(c2ccccc2)C2CCNCC2)N(C)N1. The van der Waals surface area contributed by atoms with Crippen molar-refractivity contribution >= 4 is 5.84 Å². The Morgan fingerprint density at radius 1 is 1.20 bits per heavy atom. The maximum absolute atomic E-state index is 4.67. The lowest BCUT2D eigenvalue weighted by molar-refractivity contribution is -0.0658. The van der Waals surface area contributed by atoms with Gasteiger partial charge < -0.3 is 5.32 Å². The summed E-state index contributed by atoms with van der Waals surface area (Å²) in [6.07, 6.45) is 2.39. The Labute approximate surface area is 120 Å². The van der Waals surface area contributed by atoms with Crippen molar-refractivity contribution in [2.24, 2.45) is 11.0 Å². The van der Waals surface area contributed by atoms with Gasteiger partial charge in [0.05, 0.1) is 6.04 Å². The fourth-order valence-corrected chi connectivity index (χ4v) is 3.18. The third-order valence-corrected chi connectivity index (χ3v) is 4.10. The van der Waals surface area contributed by atoms with Crippen LogP contribution in [0.25, 0.3) is 0 Å². The summed E-state index contributed by atoms with van der Waals surface area (Å²) in [7, 11) is 2.02. The van der Waals surface area contributed by atoms with Crippen molar-refractivity contribution in [2.45, 2.75) is 25.8 Å². The van der Waals surface area contributed by atoms with Gasteiger partial charge >= 0.3 is 0 Å². The van der Waals surface area contributed by atoms with Gasteiger partial charge in [0.1, 0.15) is 5.84 Å². The molecule has 1 aromatic rings. The van der Waals surface area contributed by atoms with Gasteiger partial charge in [-0.15, -0.1) is 10.2 Å². The molecule has 1 atom stereocenters. The normalized spacial score (nSPS) is 22.5. The lowest BCUT2D eigenvalue weighted by Gasteiger charge is -2.38. The zero-order valence-electron chi connectivity index (χ0n) is 12.2. The number of hydrazone groups is 1. The van der Waals surface area contributed by atoms with Crippen molar-refractivity contribution in [3.8, 4) is 0 Å². The van der Waals surface area contributed by atoms with E-state index in [2.05, 4.69) is 51.3 Å². The summed E-state index contributed by atoms with van der Waals surface area (Å²) in [5.41, 5.74) is 4.59. The number of piperidine rings is 1. The molecule has 0 bridgehead atoms. The van der Waals surface area contributed by atoms with Crippen molar-refractivity contribution < 1.29 is 0 Å². The summed E-state index contributed by atoms with van der Waals surface area (Å²) in [5.74, 6) is 1.57. The minimum absolute atomic E-state index is 0.299.